The van der Waals surface area contributed by atoms with Crippen molar-refractivity contribution in [1.29, 1.82) is 0 Å². The van der Waals surface area contributed by atoms with Crippen LogP contribution in [-0.2, 0) is 19.1 Å². The fourth-order valence-electron chi connectivity index (χ4n) is 3.16. The average molecular weight is 338 g/mol. The first-order valence-electron chi connectivity index (χ1n) is 9.06. The second-order valence-corrected chi connectivity index (χ2v) is 7.64. The van der Waals surface area contributed by atoms with Crippen molar-refractivity contribution in [2.75, 3.05) is 26.2 Å². The van der Waals surface area contributed by atoms with Gasteiger partial charge < -0.3 is 15.0 Å². The number of ether oxygens (including phenoxy) is 1. The van der Waals surface area contributed by atoms with Gasteiger partial charge in [-0.25, -0.2) is 0 Å². The van der Waals surface area contributed by atoms with Gasteiger partial charge in [-0.15, -0.1) is 0 Å². The minimum absolute atomic E-state index is 0.0580. The standard InChI is InChI=1S/C18H30N2O4/c1-4-24-15(21)10-18(2,3)17(23)20-9-5-6-14(12-20)16(22)19-11-13-7-8-13/h13-14H,4-12H2,1-3H3,(H,19,22). The zero-order valence-corrected chi connectivity index (χ0v) is 15.1. The first-order chi connectivity index (χ1) is 11.3. The van der Waals surface area contributed by atoms with Crippen molar-refractivity contribution in [2.24, 2.45) is 17.3 Å². The van der Waals surface area contributed by atoms with Crippen LogP contribution < -0.4 is 5.32 Å². The third-order valence-corrected chi connectivity index (χ3v) is 4.81. The number of carbonyl (C=O) groups is 3. The van der Waals surface area contributed by atoms with Gasteiger partial charge in [0.25, 0.3) is 0 Å². The maximum Gasteiger partial charge on any atom is 0.306 e. The molecule has 1 saturated carbocycles. The molecular weight excluding hydrogens is 308 g/mol. The highest BCUT2D eigenvalue weighted by Gasteiger charge is 2.38. The average Bonchev–Trinajstić information content (AvgIpc) is 3.36. The number of nitrogens with zero attached hydrogens (tertiary/aromatic N) is 1. The molecule has 1 N–H and O–H groups in total. The lowest BCUT2D eigenvalue weighted by Gasteiger charge is -2.36. The molecule has 0 spiro atoms. The fraction of sp³-hybridized carbons (Fsp3) is 0.833. The number of amides is 2. The van der Waals surface area contributed by atoms with Crippen LogP contribution in [-0.4, -0.2) is 48.9 Å². The van der Waals surface area contributed by atoms with Crippen molar-refractivity contribution < 1.29 is 19.1 Å². The number of rotatable bonds is 7. The molecule has 24 heavy (non-hydrogen) atoms. The number of esters is 1. The molecule has 2 fully saturated rings. The van der Waals surface area contributed by atoms with Crippen molar-refractivity contribution in [1.82, 2.24) is 10.2 Å². The van der Waals surface area contributed by atoms with Crippen LogP contribution in [0.25, 0.3) is 0 Å². The predicted molar refractivity (Wildman–Crippen MR) is 90.1 cm³/mol. The summed E-state index contributed by atoms with van der Waals surface area (Å²) in [6.45, 7) is 7.46. The Morgan fingerprint density at radius 3 is 2.54 bits per heavy atom. The van der Waals surface area contributed by atoms with Crippen molar-refractivity contribution in [3.8, 4) is 0 Å². The van der Waals surface area contributed by atoms with Crippen LogP contribution in [0.5, 0.6) is 0 Å². The Bertz CT molecular complexity index is 485. The summed E-state index contributed by atoms with van der Waals surface area (Å²) in [5.74, 6) is 0.142. The van der Waals surface area contributed by atoms with Crippen LogP contribution in [0, 0.1) is 17.3 Å². The van der Waals surface area contributed by atoms with E-state index < -0.39 is 5.41 Å². The lowest BCUT2D eigenvalue weighted by molar-refractivity contribution is -0.153. The van der Waals surface area contributed by atoms with E-state index in [4.69, 9.17) is 4.74 Å². The largest absolute Gasteiger partial charge is 0.466 e. The Kier molecular flexibility index (Phi) is 6.24. The molecule has 0 aromatic carbocycles. The van der Waals surface area contributed by atoms with E-state index in [0.29, 0.717) is 25.6 Å². The molecule has 1 atom stereocenters. The molecule has 0 aromatic heterocycles. The van der Waals surface area contributed by atoms with Gasteiger partial charge in [0.2, 0.25) is 11.8 Å². The van der Waals surface area contributed by atoms with E-state index in [-0.39, 0.29) is 30.1 Å². The van der Waals surface area contributed by atoms with Gasteiger partial charge in [-0.1, -0.05) is 13.8 Å². The molecule has 6 nitrogen and oxygen atoms in total. The summed E-state index contributed by atoms with van der Waals surface area (Å²) >= 11 is 0. The second kappa shape index (κ2) is 7.99. The van der Waals surface area contributed by atoms with Crippen LogP contribution >= 0.6 is 0 Å². The zero-order chi connectivity index (χ0) is 17.7. The van der Waals surface area contributed by atoms with Gasteiger partial charge in [0.15, 0.2) is 0 Å². The van der Waals surface area contributed by atoms with E-state index in [9.17, 15) is 14.4 Å². The molecule has 2 aliphatic rings. The molecule has 1 saturated heterocycles. The van der Waals surface area contributed by atoms with Gasteiger partial charge in [-0.3, -0.25) is 14.4 Å². The highest BCUT2D eigenvalue weighted by molar-refractivity contribution is 5.87. The highest BCUT2D eigenvalue weighted by atomic mass is 16.5. The van der Waals surface area contributed by atoms with E-state index >= 15 is 0 Å². The molecule has 0 bridgehead atoms. The molecule has 0 radical (unpaired) electrons. The number of hydrogen-bond acceptors (Lipinski definition) is 4. The summed E-state index contributed by atoms with van der Waals surface area (Å²) in [5.41, 5.74) is -0.807. The minimum Gasteiger partial charge on any atom is -0.466 e. The topological polar surface area (TPSA) is 75.7 Å². The van der Waals surface area contributed by atoms with E-state index in [1.54, 1.807) is 25.7 Å². The predicted octanol–water partition coefficient (Wildman–Crippen LogP) is 1.73. The van der Waals surface area contributed by atoms with E-state index in [1.165, 1.54) is 12.8 Å². The summed E-state index contributed by atoms with van der Waals surface area (Å²) < 4.78 is 4.96. The Morgan fingerprint density at radius 2 is 1.92 bits per heavy atom. The van der Waals surface area contributed by atoms with Gasteiger partial charge in [0.05, 0.1) is 24.4 Å². The summed E-state index contributed by atoms with van der Waals surface area (Å²) in [6, 6.07) is 0. The first-order valence-corrected chi connectivity index (χ1v) is 9.06. The minimum atomic E-state index is -0.807. The Morgan fingerprint density at radius 1 is 1.21 bits per heavy atom. The van der Waals surface area contributed by atoms with E-state index in [1.807, 2.05) is 0 Å². The van der Waals surface area contributed by atoms with Crippen LogP contribution in [0.15, 0.2) is 0 Å². The van der Waals surface area contributed by atoms with Gasteiger partial charge in [-0.05, 0) is 38.5 Å². The summed E-state index contributed by atoms with van der Waals surface area (Å²) in [5, 5.41) is 3.01. The monoisotopic (exact) mass is 338 g/mol. The van der Waals surface area contributed by atoms with Crippen molar-refractivity contribution >= 4 is 17.8 Å². The van der Waals surface area contributed by atoms with Gasteiger partial charge in [0, 0.05) is 19.6 Å². The number of carbonyl (C=O) groups excluding carboxylic acids is 3. The number of piperidine rings is 1. The number of likely N-dealkylation sites (tertiary alicyclic amines) is 1. The summed E-state index contributed by atoms with van der Waals surface area (Å²) in [4.78, 5) is 38.5. The number of nitrogens with one attached hydrogen (secondary N) is 1. The smallest absolute Gasteiger partial charge is 0.306 e. The van der Waals surface area contributed by atoms with Gasteiger partial charge >= 0.3 is 5.97 Å². The van der Waals surface area contributed by atoms with Crippen molar-refractivity contribution in [3.63, 3.8) is 0 Å². The van der Waals surface area contributed by atoms with E-state index in [0.717, 1.165) is 19.4 Å². The van der Waals surface area contributed by atoms with Gasteiger partial charge in [-0.2, -0.15) is 0 Å². The quantitative estimate of drug-likeness (QED) is 0.717. The first kappa shape index (κ1) is 18.7. The highest BCUT2D eigenvalue weighted by Crippen LogP contribution is 2.29. The third-order valence-electron chi connectivity index (χ3n) is 4.81. The molecule has 1 aliphatic heterocycles. The fourth-order valence-corrected chi connectivity index (χ4v) is 3.16. The van der Waals surface area contributed by atoms with Gasteiger partial charge in [0.1, 0.15) is 0 Å². The third kappa shape index (κ3) is 5.21. The van der Waals surface area contributed by atoms with Crippen LogP contribution in [0.2, 0.25) is 0 Å². The Labute approximate surface area is 144 Å². The zero-order valence-electron chi connectivity index (χ0n) is 15.1. The van der Waals surface area contributed by atoms with Crippen LogP contribution in [0.4, 0.5) is 0 Å². The van der Waals surface area contributed by atoms with Crippen LogP contribution in [0.1, 0.15) is 52.9 Å². The maximum atomic E-state index is 12.8. The normalized spacial score (nSPS) is 21.3. The molecule has 6 heteroatoms. The Balaban J connectivity index is 1.88. The molecule has 2 rings (SSSR count). The SMILES string of the molecule is CCOC(=O)CC(C)(C)C(=O)N1CCCC(C(=O)NCC2CC2)C1. The molecule has 1 unspecified atom stereocenters. The van der Waals surface area contributed by atoms with Crippen molar-refractivity contribution in [2.45, 2.75) is 52.9 Å². The molecule has 1 heterocycles. The molecule has 136 valence electrons. The van der Waals surface area contributed by atoms with Crippen molar-refractivity contribution in [3.05, 3.63) is 0 Å². The lowest BCUT2D eigenvalue weighted by Crippen LogP contribution is -2.50. The molecular formula is C18H30N2O4. The second-order valence-electron chi connectivity index (χ2n) is 7.64. The molecule has 0 aromatic rings. The molecule has 2 amide bonds. The summed E-state index contributed by atoms with van der Waals surface area (Å²) in [6.07, 6.45) is 4.12. The summed E-state index contributed by atoms with van der Waals surface area (Å²) in [7, 11) is 0. The maximum absolute atomic E-state index is 12.8. The number of hydrogen-bond donors (Lipinski definition) is 1. The van der Waals surface area contributed by atoms with Crippen LogP contribution in [0.3, 0.4) is 0 Å². The lowest BCUT2D eigenvalue weighted by atomic mass is 9.86. The Hall–Kier alpha value is -1.59. The van der Waals surface area contributed by atoms with E-state index in [2.05, 4.69) is 5.32 Å². The molecule has 1 aliphatic carbocycles.